The van der Waals surface area contributed by atoms with Gasteiger partial charge in [0.2, 0.25) is 5.91 Å². The van der Waals surface area contributed by atoms with Crippen LogP contribution < -0.4 is 4.90 Å². The van der Waals surface area contributed by atoms with Crippen LogP contribution >= 0.6 is 0 Å². The van der Waals surface area contributed by atoms with Crippen molar-refractivity contribution in [2.45, 2.75) is 19.0 Å². The first-order chi connectivity index (χ1) is 11.4. The first kappa shape index (κ1) is 15.2. The van der Waals surface area contributed by atoms with Crippen molar-refractivity contribution in [2.75, 3.05) is 31.1 Å². The van der Waals surface area contributed by atoms with Crippen LogP contribution in [0.25, 0.3) is 5.65 Å². The Morgan fingerprint density at radius 1 is 1.17 bits per heavy atom. The molecule has 3 heterocycles. The quantitative estimate of drug-likeness (QED) is 0.837. The number of halogens is 3. The largest absolute Gasteiger partial charge is 0.434 e. The topological polar surface area (TPSA) is 53.7 Å². The Balaban J connectivity index is 1.56. The van der Waals surface area contributed by atoms with Gasteiger partial charge in [-0.05, 0) is 12.8 Å². The Labute approximate surface area is 135 Å². The summed E-state index contributed by atoms with van der Waals surface area (Å²) < 4.78 is 39.9. The van der Waals surface area contributed by atoms with Crippen LogP contribution in [0.15, 0.2) is 18.6 Å². The molecule has 2 aromatic rings. The third-order valence-corrected chi connectivity index (χ3v) is 4.46. The minimum Gasteiger partial charge on any atom is -0.350 e. The minimum absolute atomic E-state index is 0.180. The predicted octanol–water partition coefficient (Wildman–Crippen LogP) is 1.81. The number of carbonyl (C=O) groups is 1. The van der Waals surface area contributed by atoms with Crippen molar-refractivity contribution < 1.29 is 18.0 Å². The number of aromatic nitrogens is 3. The van der Waals surface area contributed by atoms with Crippen LogP contribution in [-0.4, -0.2) is 51.4 Å². The number of anilines is 1. The van der Waals surface area contributed by atoms with Crippen LogP contribution in [0.5, 0.6) is 0 Å². The average molecular weight is 339 g/mol. The summed E-state index contributed by atoms with van der Waals surface area (Å²) in [5.74, 6) is 0.798. The van der Waals surface area contributed by atoms with E-state index in [4.69, 9.17) is 0 Å². The van der Waals surface area contributed by atoms with Crippen molar-refractivity contribution in [1.82, 2.24) is 19.3 Å². The lowest BCUT2D eigenvalue weighted by Crippen LogP contribution is -2.49. The summed E-state index contributed by atoms with van der Waals surface area (Å²) in [7, 11) is 0. The maximum Gasteiger partial charge on any atom is 0.434 e. The van der Waals surface area contributed by atoms with Crippen LogP contribution in [0.3, 0.4) is 0 Å². The number of imidazole rings is 1. The molecule has 0 N–H and O–H groups in total. The molecule has 2 fully saturated rings. The molecule has 0 unspecified atom stereocenters. The molecular formula is C15H16F3N5O. The van der Waals surface area contributed by atoms with E-state index in [1.165, 1.54) is 16.8 Å². The molecule has 24 heavy (non-hydrogen) atoms. The van der Waals surface area contributed by atoms with E-state index in [1.54, 1.807) is 0 Å². The number of hydrogen-bond acceptors (Lipinski definition) is 4. The van der Waals surface area contributed by atoms with Gasteiger partial charge in [-0.1, -0.05) is 0 Å². The van der Waals surface area contributed by atoms with Gasteiger partial charge in [-0.2, -0.15) is 13.2 Å². The van der Waals surface area contributed by atoms with Gasteiger partial charge in [0.05, 0.1) is 0 Å². The van der Waals surface area contributed by atoms with Crippen molar-refractivity contribution >= 4 is 17.4 Å². The highest BCUT2D eigenvalue weighted by Crippen LogP contribution is 2.32. The van der Waals surface area contributed by atoms with Crippen LogP contribution in [-0.2, 0) is 11.0 Å². The van der Waals surface area contributed by atoms with Crippen molar-refractivity contribution in [3.05, 3.63) is 24.3 Å². The highest BCUT2D eigenvalue weighted by atomic mass is 19.4. The molecule has 1 aliphatic heterocycles. The van der Waals surface area contributed by atoms with Crippen LogP contribution in [0.1, 0.15) is 18.5 Å². The molecular weight excluding hydrogens is 323 g/mol. The third-order valence-electron chi connectivity index (χ3n) is 4.46. The molecule has 128 valence electrons. The number of fused-ring (bicyclic) bond motifs is 1. The van der Waals surface area contributed by atoms with E-state index in [0.717, 1.165) is 19.0 Å². The third kappa shape index (κ3) is 2.67. The predicted molar refractivity (Wildman–Crippen MR) is 79.5 cm³/mol. The second kappa shape index (κ2) is 5.35. The lowest BCUT2D eigenvalue weighted by atomic mass is 10.2. The molecule has 1 aliphatic carbocycles. The Bertz CT molecular complexity index is 775. The van der Waals surface area contributed by atoms with Crippen molar-refractivity contribution in [2.24, 2.45) is 5.92 Å². The summed E-state index contributed by atoms with van der Waals surface area (Å²) in [5.41, 5.74) is -0.744. The highest BCUT2D eigenvalue weighted by Gasteiger charge is 2.36. The zero-order valence-electron chi connectivity index (χ0n) is 12.8. The van der Waals surface area contributed by atoms with Crippen LogP contribution in [0.4, 0.5) is 19.0 Å². The van der Waals surface area contributed by atoms with E-state index < -0.39 is 11.9 Å². The number of nitrogens with zero attached hydrogens (tertiary/aromatic N) is 5. The molecule has 0 spiro atoms. The first-order valence-electron chi connectivity index (χ1n) is 7.88. The number of piperazine rings is 1. The molecule has 4 rings (SSSR count). The molecule has 6 nitrogen and oxygen atoms in total. The SMILES string of the molecule is O=C(C1CC1)N1CCN(c2nccn3cc(C(F)(F)F)nc23)CC1. The van der Waals surface area contributed by atoms with E-state index in [2.05, 4.69) is 9.97 Å². The second-order valence-electron chi connectivity index (χ2n) is 6.19. The molecule has 0 bridgehead atoms. The lowest BCUT2D eigenvalue weighted by molar-refractivity contribution is -0.140. The van der Waals surface area contributed by atoms with Crippen molar-refractivity contribution in [3.8, 4) is 0 Å². The molecule has 2 aromatic heterocycles. The summed E-state index contributed by atoms with van der Waals surface area (Å²) in [6.45, 7) is 2.20. The molecule has 0 aromatic carbocycles. The number of carbonyl (C=O) groups excluding carboxylic acids is 1. The molecule has 0 radical (unpaired) electrons. The van der Waals surface area contributed by atoms with Crippen LogP contribution in [0, 0.1) is 5.92 Å². The number of amides is 1. The Morgan fingerprint density at radius 3 is 2.50 bits per heavy atom. The van der Waals surface area contributed by atoms with E-state index in [0.29, 0.717) is 32.0 Å². The average Bonchev–Trinajstić information content (AvgIpc) is 3.30. The Hall–Kier alpha value is -2.32. The summed E-state index contributed by atoms with van der Waals surface area (Å²) in [5, 5.41) is 0. The second-order valence-corrected chi connectivity index (χ2v) is 6.19. The smallest absolute Gasteiger partial charge is 0.350 e. The van der Waals surface area contributed by atoms with Gasteiger partial charge in [0.15, 0.2) is 17.2 Å². The normalized spacial score (nSPS) is 19.1. The zero-order valence-corrected chi connectivity index (χ0v) is 12.8. The van der Waals surface area contributed by atoms with Gasteiger partial charge in [0.25, 0.3) is 0 Å². The maximum atomic E-state index is 12.9. The zero-order chi connectivity index (χ0) is 16.9. The standard InChI is InChI=1S/C15H16F3N5O/c16-15(17,18)11-9-23-4-3-19-12(13(23)20-11)21-5-7-22(8-6-21)14(24)10-1-2-10/h3-4,9-10H,1-2,5-8H2. The van der Waals surface area contributed by atoms with E-state index >= 15 is 0 Å². The van der Waals surface area contributed by atoms with E-state index in [1.807, 2.05) is 9.80 Å². The number of alkyl halides is 3. The van der Waals surface area contributed by atoms with Crippen molar-refractivity contribution in [3.63, 3.8) is 0 Å². The molecule has 1 amide bonds. The van der Waals surface area contributed by atoms with Crippen molar-refractivity contribution in [1.29, 1.82) is 0 Å². The van der Waals surface area contributed by atoms with E-state index in [9.17, 15) is 18.0 Å². The summed E-state index contributed by atoms with van der Waals surface area (Å²) in [4.78, 5) is 23.7. The molecule has 0 atom stereocenters. The fourth-order valence-corrected chi connectivity index (χ4v) is 2.99. The van der Waals surface area contributed by atoms with Crippen LogP contribution in [0.2, 0.25) is 0 Å². The Kier molecular flexibility index (Phi) is 3.40. The van der Waals surface area contributed by atoms with Gasteiger partial charge in [-0.3, -0.25) is 4.79 Å². The molecule has 2 aliphatic rings. The van der Waals surface area contributed by atoms with Gasteiger partial charge < -0.3 is 14.2 Å². The number of hydrogen-bond donors (Lipinski definition) is 0. The maximum absolute atomic E-state index is 12.9. The fourth-order valence-electron chi connectivity index (χ4n) is 2.99. The van der Waals surface area contributed by atoms with Gasteiger partial charge >= 0.3 is 6.18 Å². The first-order valence-corrected chi connectivity index (χ1v) is 7.88. The minimum atomic E-state index is -4.49. The van der Waals surface area contributed by atoms with Gasteiger partial charge in [0.1, 0.15) is 0 Å². The molecule has 1 saturated carbocycles. The van der Waals surface area contributed by atoms with E-state index in [-0.39, 0.29) is 17.5 Å². The monoisotopic (exact) mass is 339 g/mol. The molecule has 9 heteroatoms. The summed E-state index contributed by atoms with van der Waals surface area (Å²) in [6, 6.07) is 0. The summed E-state index contributed by atoms with van der Waals surface area (Å²) >= 11 is 0. The Morgan fingerprint density at radius 2 is 1.88 bits per heavy atom. The van der Waals surface area contributed by atoms with Gasteiger partial charge in [0, 0.05) is 50.7 Å². The molecule has 1 saturated heterocycles. The van der Waals surface area contributed by atoms with Gasteiger partial charge in [-0.25, -0.2) is 9.97 Å². The fraction of sp³-hybridized carbons (Fsp3) is 0.533. The van der Waals surface area contributed by atoms with Gasteiger partial charge in [-0.15, -0.1) is 0 Å². The highest BCUT2D eigenvalue weighted by molar-refractivity contribution is 5.81. The summed E-state index contributed by atoms with van der Waals surface area (Å²) in [6.07, 6.45) is 1.33. The lowest BCUT2D eigenvalue weighted by Gasteiger charge is -2.35. The number of rotatable bonds is 2.